The van der Waals surface area contributed by atoms with Crippen LogP contribution in [0.3, 0.4) is 0 Å². The number of carboxylic acid groups (broad SMARTS) is 1. The Morgan fingerprint density at radius 3 is 1.57 bits per heavy atom. The van der Waals surface area contributed by atoms with E-state index in [2.05, 4.69) is 24.4 Å². The third-order valence-electron chi connectivity index (χ3n) is 5.10. The Balaban J connectivity index is 3.17. The lowest BCUT2D eigenvalue weighted by atomic mass is 10.1. The molecule has 0 aliphatic rings. The van der Waals surface area contributed by atoms with Crippen molar-refractivity contribution in [3.8, 4) is 0 Å². The van der Waals surface area contributed by atoms with Gasteiger partial charge in [0.2, 0.25) is 5.91 Å². The minimum atomic E-state index is -0.989. The van der Waals surface area contributed by atoms with Crippen LogP contribution in [0.15, 0.2) is 12.2 Å². The molecule has 0 saturated carbocycles. The molecule has 0 saturated heterocycles. The van der Waals surface area contributed by atoms with Crippen LogP contribution in [0, 0.1) is 0 Å². The van der Waals surface area contributed by atoms with Crippen LogP contribution in [-0.2, 0) is 9.59 Å². The van der Waals surface area contributed by atoms with E-state index in [0.717, 1.165) is 12.8 Å². The summed E-state index contributed by atoms with van der Waals surface area (Å²) in [5.41, 5.74) is 0. The van der Waals surface area contributed by atoms with Gasteiger partial charge in [-0.3, -0.25) is 9.59 Å². The van der Waals surface area contributed by atoms with Crippen LogP contribution in [0.4, 0.5) is 0 Å². The lowest BCUT2D eigenvalue weighted by molar-refractivity contribution is -0.137. The van der Waals surface area contributed by atoms with Gasteiger partial charge < -0.3 is 10.4 Å². The smallest absolute Gasteiger partial charge is 0.322 e. The molecule has 2 N–H and O–H groups in total. The molecule has 0 aliphatic carbocycles. The molecule has 0 heterocycles. The summed E-state index contributed by atoms with van der Waals surface area (Å²) in [5, 5.41) is 10.9. The Kier molecular flexibility index (Phi) is 20.9. The Hall–Kier alpha value is -1.32. The zero-order chi connectivity index (χ0) is 20.7. The summed E-state index contributed by atoms with van der Waals surface area (Å²) < 4.78 is 0. The molecule has 0 aliphatic heterocycles. The van der Waals surface area contributed by atoms with Crippen LogP contribution >= 0.6 is 0 Å². The third kappa shape index (κ3) is 22.7. The van der Waals surface area contributed by atoms with Crippen molar-refractivity contribution in [2.45, 2.75) is 122 Å². The molecule has 0 aromatic heterocycles. The SMILES string of the molecule is CCCCCCCCCC/C=C\CCCCCCCCCC(=O)NCC(=O)O. The van der Waals surface area contributed by atoms with Gasteiger partial charge in [-0.25, -0.2) is 0 Å². The number of hydrogen-bond donors (Lipinski definition) is 2. The molecule has 1 amide bonds. The van der Waals surface area contributed by atoms with Gasteiger partial charge in [-0.15, -0.1) is 0 Å². The van der Waals surface area contributed by atoms with Crippen molar-refractivity contribution < 1.29 is 14.7 Å². The topological polar surface area (TPSA) is 66.4 Å². The zero-order valence-electron chi connectivity index (χ0n) is 18.4. The maximum absolute atomic E-state index is 11.3. The molecule has 4 heteroatoms. The van der Waals surface area contributed by atoms with Crippen molar-refractivity contribution >= 4 is 11.9 Å². The van der Waals surface area contributed by atoms with Crippen molar-refractivity contribution in [2.75, 3.05) is 6.54 Å². The quantitative estimate of drug-likeness (QED) is 0.166. The van der Waals surface area contributed by atoms with Crippen molar-refractivity contribution in [3.63, 3.8) is 0 Å². The highest BCUT2D eigenvalue weighted by molar-refractivity contribution is 5.80. The number of hydrogen-bond acceptors (Lipinski definition) is 2. The molecule has 28 heavy (non-hydrogen) atoms. The van der Waals surface area contributed by atoms with E-state index in [0.29, 0.717) is 6.42 Å². The average molecular weight is 396 g/mol. The molecule has 0 aromatic rings. The van der Waals surface area contributed by atoms with Gasteiger partial charge in [0.25, 0.3) is 0 Å². The van der Waals surface area contributed by atoms with Gasteiger partial charge in [0.05, 0.1) is 0 Å². The van der Waals surface area contributed by atoms with E-state index in [4.69, 9.17) is 5.11 Å². The number of carboxylic acids is 1. The third-order valence-corrected chi connectivity index (χ3v) is 5.10. The number of aliphatic carboxylic acids is 1. The first-order valence-corrected chi connectivity index (χ1v) is 11.8. The summed E-state index contributed by atoms with van der Waals surface area (Å²) >= 11 is 0. The maximum atomic E-state index is 11.3. The first kappa shape index (κ1) is 26.7. The van der Waals surface area contributed by atoms with Gasteiger partial charge in [-0.05, 0) is 32.1 Å². The Morgan fingerprint density at radius 1 is 0.679 bits per heavy atom. The van der Waals surface area contributed by atoms with Crippen LogP contribution in [0.1, 0.15) is 122 Å². The highest BCUT2D eigenvalue weighted by Gasteiger charge is 2.03. The van der Waals surface area contributed by atoms with Crippen molar-refractivity contribution in [3.05, 3.63) is 12.2 Å². The number of carbonyl (C=O) groups is 2. The second kappa shape index (κ2) is 22.0. The van der Waals surface area contributed by atoms with Crippen LogP contribution in [0.25, 0.3) is 0 Å². The van der Waals surface area contributed by atoms with Crippen LogP contribution in [-0.4, -0.2) is 23.5 Å². The van der Waals surface area contributed by atoms with Crippen molar-refractivity contribution in [2.24, 2.45) is 0 Å². The lowest BCUT2D eigenvalue weighted by Gasteiger charge is -2.03. The number of carbonyl (C=O) groups excluding carboxylic acids is 1. The predicted octanol–water partition coefficient (Wildman–Crippen LogP) is 6.79. The van der Waals surface area contributed by atoms with E-state index in [-0.39, 0.29) is 12.5 Å². The first-order valence-electron chi connectivity index (χ1n) is 11.8. The van der Waals surface area contributed by atoms with E-state index >= 15 is 0 Å². The molecule has 0 spiro atoms. The van der Waals surface area contributed by atoms with Crippen LogP contribution < -0.4 is 5.32 Å². The zero-order valence-corrected chi connectivity index (χ0v) is 18.4. The van der Waals surface area contributed by atoms with Crippen molar-refractivity contribution in [1.82, 2.24) is 5.32 Å². The Labute approximate surface area is 173 Å². The molecule has 0 rings (SSSR count). The van der Waals surface area contributed by atoms with Gasteiger partial charge in [-0.2, -0.15) is 0 Å². The molecule has 0 aromatic carbocycles. The fraction of sp³-hybridized carbons (Fsp3) is 0.833. The Bertz CT molecular complexity index is 393. The standard InChI is InChI=1S/C24H45NO3/c1-2-3-4-5-6-7-8-9-10-11-12-13-14-15-16-17-18-19-20-21-23(26)25-22-24(27)28/h11-12H,2-10,13-22H2,1H3,(H,25,26)(H,27,28)/b12-11-. The summed E-state index contributed by atoms with van der Waals surface area (Å²) in [6.45, 7) is 2.00. The van der Waals surface area contributed by atoms with Crippen LogP contribution in [0.5, 0.6) is 0 Å². The minimum Gasteiger partial charge on any atom is -0.480 e. The lowest BCUT2D eigenvalue weighted by Crippen LogP contribution is -2.28. The average Bonchev–Trinajstić information content (AvgIpc) is 2.68. The molecular weight excluding hydrogens is 350 g/mol. The molecule has 164 valence electrons. The number of allylic oxidation sites excluding steroid dienone is 2. The van der Waals surface area contributed by atoms with Gasteiger partial charge in [0.1, 0.15) is 6.54 Å². The van der Waals surface area contributed by atoms with Gasteiger partial charge in [-0.1, -0.05) is 96.1 Å². The van der Waals surface area contributed by atoms with E-state index in [1.165, 1.54) is 96.3 Å². The summed E-state index contributed by atoms with van der Waals surface area (Å²) in [6, 6.07) is 0. The van der Waals surface area contributed by atoms with E-state index in [1.807, 2.05) is 0 Å². The minimum absolute atomic E-state index is 0.152. The fourth-order valence-electron chi connectivity index (χ4n) is 3.33. The van der Waals surface area contributed by atoms with Gasteiger partial charge in [0.15, 0.2) is 0 Å². The largest absolute Gasteiger partial charge is 0.480 e. The highest BCUT2D eigenvalue weighted by Crippen LogP contribution is 2.11. The summed E-state index contributed by atoms with van der Waals surface area (Å²) in [6.07, 6.45) is 26.9. The van der Waals surface area contributed by atoms with E-state index in [1.54, 1.807) is 0 Å². The molecular formula is C24H45NO3. The number of amides is 1. The van der Waals surface area contributed by atoms with Crippen molar-refractivity contribution in [1.29, 1.82) is 0 Å². The fourth-order valence-corrected chi connectivity index (χ4v) is 3.33. The van der Waals surface area contributed by atoms with Gasteiger partial charge in [0, 0.05) is 6.42 Å². The number of rotatable bonds is 21. The maximum Gasteiger partial charge on any atom is 0.322 e. The van der Waals surface area contributed by atoms with E-state index in [9.17, 15) is 9.59 Å². The molecule has 0 fully saturated rings. The molecule has 4 nitrogen and oxygen atoms in total. The second-order valence-corrected chi connectivity index (χ2v) is 7.92. The normalized spacial score (nSPS) is 11.2. The summed E-state index contributed by atoms with van der Waals surface area (Å²) in [5.74, 6) is -1.14. The molecule has 0 atom stereocenters. The van der Waals surface area contributed by atoms with Gasteiger partial charge >= 0.3 is 5.97 Å². The number of nitrogens with one attached hydrogen (secondary N) is 1. The van der Waals surface area contributed by atoms with E-state index < -0.39 is 5.97 Å². The summed E-state index contributed by atoms with van der Waals surface area (Å²) in [4.78, 5) is 21.7. The monoisotopic (exact) mass is 395 g/mol. The Morgan fingerprint density at radius 2 is 1.11 bits per heavy atom. The molecule has 0 radical (unpaired) electrons. The molecule has 0 bridgehead atoms. The highest BCUT2D eigenvalue weighted by atomic mass is 16.4. The second-order valence-electron chi connectivity index (χ2n) is 7.92. The number of unbranched alkanes of at least 4 members (excludes halogenated alkanes) is 15. The first-order chi connectivity index (χ1) is 13.7. The van der Waals surface area contributed by atoms with Crippen LogP contribution in [0.2, 0.25) is 0 Å². The predicted molar refractivity (Wildman–Crippen MR) is 119 cm³/mol. The summed E-state index contributed by atoms with van der Waals surface area (Å²) in [7, 11) is 0. The molecule has 0 unspecified atom stereocenters.